The summed E-state index contributed by atoms with van der Waals surface area (Å²) < 4.78 is 43.2. The zero-order valence-electron chi connectivity index (χ0n) is 13.7. The van der Waals surface area contributed by atoms with E-state index in [1.54, 1.807) is 7.11 Å². The van der Waals surface area contributed by atoms with Crippen LogP contribution in [0, 0.1) is 12.8 Å². The third-order valence-corrected chi connectivity index (χ3v) is 3.87. The van der Waals surface area contributed by atoms with Gasteiger partial charge in [-0.05, 0) is 26.0 Å². The number of carbonyl (C=O) groups is 1. The van der Waals surface area contributed by atoms with E-state index < -0.39 is 11.9 Å². The standard InChI is InChI=1S/C15H21F3N4O2/c1-10-7-12(15(16,17)18)21-13(20-10)8-19-14(23)11-3-4-22(9-11)5-6-24-2/h7,11H,3-6,8-9H2,1-2H3,(H,19,23)/t11-/m1/s1. The van der Waals surface area contributed by atoms with Gasteiger partial charge in [0.05, 0.1) is 19.1 Å². The molecule has 24 heavy (non-hydrogen) atoms. The number of nitrogens with one attached hydrogen (secondary N) is 1. The molecular weight excluding hydrogens is 325 g/mol. The summed E-state index contributed by atoms with van der Waals surface area (Å²) in [5.41, 5.74) is -0.779. The second kappa shape index (κ2) is 7.89. The number of aryl methyl sites for hydroxylation is 1. The fourth-order valence-corrected chi connectivity index (χ4v) is 2.63. The Morgan fingerprint density at radius 3 is 2.88 bits per heavy atom. The molecule has 1 aliphatic heterocycles. The number of hydrogen-bond donors (Lipinski definition) is 1. The maximum absolute atomic E-state index is 12.7. The molecule has 0 radical (unpaired) electrons. The highest BCUT2D eigenvalue weighted by atomic mass is 19.4. The van der Waals surface area contributed by atoms with Gasteiger partial charge < -0.3 is 15.0 Å². The second-order valence-electron chi connectivity index (χ2n) is 5.81. The van der Waals surface area contributed by atoms with Gasteiger partial charge in [-0.25, -0.2) is 9.97 Å². The van der Waals surface area contributed by atoms with Crippen LogP contribution in [0.3, 0.4) is 0 Å². The lowest BCUT2D eigenvalue weighted by molar-refractivity contribution is -0.141. The van der Waals surface area contributed by atoms with Gasteiger partial charge >= 0.3 is 6.18 Å². The Bertz CT molecular complexity index is 580. The molecule has 1 N–H and O–H groups in total. The van der Waals surface area contributed by atoms with Crippen molar-refractivity contribution in [3.8, 4) is 0 Å². The van der Waals surface area contributed by atoms with Crippen LogP contribution in [0.15, 0.2) is 6.07 Å². The smallest absolute Gasteiger partial charge is 0.383 e. The van der Waals surface area contributed by atoms with Crippen LogP contribution >= 0.6 is 0 Å². The van der Waals surface area contributed by atoms with Gasteiger partial charge in [-0.15, -0.1) is 0 Å². The first-order valence-electron chi connectivity index (χ1n) is 7.70. The monoisotopic (exact) mass is 346 g/mol. The molecule has 6 nitrogen and oxygen atoms in total. The van der Waals surface area contributed by atoms with E-state index in [1.165, 1.54) is 6.92 Å². The first-order valence-corrected chi connectivity index (χ1v) is 7.70. The molecule has 1 aromatic rings. The molecule has 0 aliphatic carbocycles. The van der Waals surface area contributed by atoms with E-state index in [0.717, 1.165) is 25.6 Å². The molecule has 1 aliphatic rings. The lowest BCUT2D eigenvalue weighted by Crippen LogP contribution is -2.33. The minimum Gasteiger partial charge on any atom is -0.383 e. The number of methoxy groups -OCH3 is 1. The molecule has 0 unspecified atom stereocenters. The Labute approximate surface area is 138 Å². The Hall–Kier alpha value is -1.74. The Kier molecular flexibility index (Phi) is 6.11. The van der Waals surface area contributed by atoms with E-state index in [2.05, 4.69) is 20.2 Å². The van der Waals surface area contributed by atoms with E-state index in [1.807, 2.05) is 0 Å². The second-order valence-corrected chi connectivity index (χ2v) is 5.81. The van der Waals surface area contributed by atoms with Gasteiger partial charge in [0, 0.05) is 25.9 Å². The SMILES string of the molecule is COCCN1CC[C@@H](C(=O)NCc2nc(C)cc(C(F)(F)F)n2)C1. The van der Waals surface area contributed by atoms with E-state index in [4.69, 9.17) is 4.74 Å². The van der Waals surface area contributed by atoms with Crippen molar-refractivity contribution in [2.75, 3.05) is 33.4 Å². The summed E-state index contributed by atoms with van der Waals surface area (Å²) in [6, 6.07) is 0.885. The number of carbonyl (C=O) groups excluding carboxylic acids is 1. The number of amides is 1. The highest BCUT2D eigenvalue weighted by molar-refractivity contribution is 5.79. The number of nitrogens with zero attached hydrogens (tertiary/aromatic N) is 3. The van der Waals surface area contributed by atoms with Crippen molar-refractivity contribution in [2.45, 2.75) is 26.1 Å². The minimum absolute atomic E-state index is 0.0371. The summed E-state index contributed by atoms with van der Waals surface area (Å²) in [4.78, 5) is 21.7. The molecule has 1 saturated heterocycles. The molecule has 0 spiro atoms. The number of ether oxygens (including phenoxy) is 1. The Morgan fingerprint density at radius 1 is 1.46 bits per heavy atom. The number of aromatic nitrogens is 2. The zero-order chi connectivity index (χ0) is 17.7. The maximum Gasteiger partial charge on any atom is 0.433 e. The van der Waals surface area contributed by atoms with Crippen molar-refractivity contribution >= 4 is 5.91 Å². The van der Waals surface area contributed by atoms with Crippen LogP contribution in [-0.2, 0) is 22.3 Å². The number of hydrogen-bond acceptors (Lipinski definition) is 5. The fourth-order valence-electron chi connectivity index (χ4n) is 2.63. The van der Waals surface area contributed by atoms with Crippen molar-refractivity contribution in [1.82, 2.24) is 20.2 Å². The average molecular weight is 346 g/mol. The minimum atomic E-state index is -4.53. The molecule has 0 aromatic carbocycles. The lowest BCUT2D eigenvalue weighted by atomic mass is 10.1. The highest BCUT2D eigenvalue weighted by Gasteiger charge is 2.33. The van der Waals surface area contributed by atoms with Crippen molar-refractivity contribution < 1.29 is 22.7 Å². The van der Waals surface area contributed by atoms with Crippen LogP contribution in [0.1, 0.15) is 23.6 Å². The molecule has 1 fully saturated rings. The van der Waals surface area contributed by atoms with Crippen molar-refractivity contribution in [3.63, 3.8) is 0 Å². The summed E-state index contributed by atoms with van der Waals surface area (Å²) in [6.45, 7) is 4.14. The van der Waals surface area contributed by atoms with Crippen LogP contribution < -0.4 is 5.32 Å². The first kappa shape index (κ1) is 18.6. The summed E-state index contributed by atoms with van der Waals surface area (Å²) in [6.07, 6.45) is -3.81. The van der Waals surface area contributed by atoms with Crippen molar-refractivity contribution in [3.05, 3.63) is 23.3 Å². The lowest BCUT2D eigenvalue weighted by Gasteiger charge is -2.15. The summed E-state index contributed by atoms with van der Waals surface area (Å²) >= 11 is 0. The molecule has 134 valence electrons. The predicted molar refractivity (Wildman–Crippen MR) is 80.0 cm³/mol. The average Bonchev–Trinajstić information content (AvgIpc) is 2.98. The zero-order valence-corrected chi connectivity index (χ0v) is 13.7. The molecular formula is C15H21F3N4O2. The van der Waals surface area contributed by atoms with Gasteiger partial charge in [0.15, 0.2) is 0 Å². The molecule has 1 atom stereocenters. The Balaban J connectivity index is 1.89. The molecule has 9 heteroatoms. The molecule has 2 rings (SSSR count). The largest absolute Gasteiger partial charge is 0.433 e. The number of likely N-dealkylation sites (tertiary alicyclic amines) is 1. The molecule has 1 aromatic heterocycles. The molecule has 0 bridgehead atoms. The van der Waals surface area contributed by atoms with Crippen LogP contribution in [0.2, 0.25) is 0 Å². The van der Waals surface area contributed by atoms with Gasteiger partial charge in [-0.1, -0.05) is 0 Å². The van der Waals surface area contributed by atoms with E-state index in [-0.39, 0.29) is 29.9 Å². The van der Waals surface area contributed by atoms with Gasteiger partial charge in [0.2, 0.25) is 5.91 Å². The molecule has 2 heterocycles. The quantitative estimate of drug-likeness (QED) is 0.843. The third kappa shape index (κ3) is 5.13. The van der Waals surface area contributed by atoms with Gasteiger partial charge in [0.1, 0.15) is 11.5 Å². The van der Waals surface area contributed by atoms with Crippen LogP contribution in [0.25, 0.3) is 0 Å². The van der Waals surface area contributed by atoms with E-state index >= 15 is 0 Å². The molecule has 1 amide bonds. The van der Waals surface area contributed by atoms with Crippen molar-refractivity contribution in [2.24, 2.45) is 5.92 Å². The topological polar surface area (TPSA) is 67.3 Å². The van der Waals surface area contributed by atoms with Gasteiger partial charge in [-0.3, -0.25) is 4.79 Å². The van der Waals surface area contributed by atoms with E-state index in [9.17, 15) is 18.0 Å². The van der Waals surface area contributed by atoms with Gasteiger partial charge in [-0.2, -0.15) is 13.2 Å². The summed E-state index contributed by atoms with van der Waals surface area (Å²) in [7, 11) is 1.62. The fraction of sp³-hybridized carbons (Fsp3) is 0.667. The van der Waals surface area contributed by atoms with Crippen LogP contribution in [0.5, 0.6) is 0 Å². The first-order chi connectivity index (χ1) is 11.3. The van der Waals surface area contributed by atoms with E-state index in [0.29, 0.717) is 13.2 Å². The van der Waals surface area contributed by atoms with Gasteiger partial charge in [0.25, 0.3) is 0 Å². The number of halogens is 3. The normalized spacial score (nSPS) is 18.8. The number of rotatable bonds is 6. The Morgan fingerprint density at radius 2 is 2.21 bits per heavy atom. The summed E-state index contributed by atoms with van der Waals surface area (Å²) in [5, 5.41) is 2.63. The molecule has 0 saturated carbocycles. The predicted octanol–water partition coefficient (Wildman–Crippen LogP) is 1.39. The van der Waals surface area contributed by atoms with Crippen LogP contribution in [-0.4, -0.2) is 54.1 Å². The maximum atomic E-state index is 12.7. The van der Waals surface area contributed by atoms with Crippen LogP contribution in [0.4, 0.5) is 13.2 Å². The number of alkyl halides is 3. The summed E-state index contributed by atoms with van der Waals surface area (Å²) in [5.74, 6) is -0.396. The highest BCUT2D eigenvalue weighted by Crippen LogP contribution is 2.27. The third-order valence-electron chi connectivity index (χ3n) is 3.87. The van der Waals surface area contributed by atoms with Crippen molar-refractivity contribution in [1.29, 1.82) is 0 Å².